The standard InChI is InChI=1S/C20H21FN4O/c1-14-4-2-3-5-17(14)23-20(26)24-10-8-16(9-11-24)25-13-22-18-12-15(21)6-7-19(18)25/h2-7,12-13,16H,8-11H2,1H3,(H,23,26). The third-order valence-electron chi connectivity index (χ3n) is 5.07. The average Bonchev–Trinajstić information content (AvgIpc) is 3.06. The van der Waals surface area contributed by atoms with Gasteiger partial charge in [-0.1, -0.05) is 18.2 Å². The number of benzene rings is 2. The quantitative estimate of drug-likeness (QED) is 0.745. The number of fused-ring (bicyclic) bond motifs is 1. The van der Waals surface area contributed by atoms with Crippen LogP contribution in [-0.2, 0) is 0 Å². The number of likely N-dealkylation sites (tertiary alicyclic amines) is 1. The minimum Gasteiger partial charge on any atom is -0.327 e. The Hall–Kier alpha value is -2.89. The summed E-state index contributed by atoms with van der Waals surface area (Å²) in [5, 5.41) is 2.99. The third kappa shape index (κ3) is 3.14. The van der Waals surface area contributed by atoms with Crippen molar-refractivity contribution in [1.29, 1.82) is 0 Å². The molecule has 1 fully saturated rings. The van der Waals surface area contributed by atoms with Crippen molar-refractivity contribution in [3.8, 4) is 0 Å². The Morgan fingerprint density at radius 1 is 1.19 bits per heavy atom. The maximum absolute atomic E-state index is 13.3. The van der Waals surface area contributed by atoms with Crippen LogP contribution in [0.1, 0.15) is 24.4 Å². The molecule has 0 unspecified atom stereocenters. The lowest BCUT2D eigenvalue weighted by Crippen LogP contribution is -2.41. The molecule has 1 aliphatic rings. The maximum atomic E-state index is 13.3. The van der Waals surface area contributed by atoms with Crippen molar-refractivity contribution < 1.29 is 9.18 Å². The predicted octanol–water partition coefficient (Wildman–Crippen LogP) is 4.35. The van der Waals surface area contributed by atoms with Gasteiger partial charge in [0.05, 0.1) is 17.4 Å². The van der Waals surface area contributed by atoms with E-state index < -0.39 is 0 Å². The van der Waals surface area contributed by atoms with Gasteiger partial charge in [-0.2, -0.15) is 0 Å². The van der Waals surface area contributed by atoms with Crippen molar-refractivity contribution in [2.24, 2.45) is 0 Å². The molecule has 2 heterocycles. The van der Waals surface area contributed by atoms with E-state index in [4.69, 9.17) is 0 Å². The first-order chi connectivity index (χ1) is 12.6. The second-order valence-electron chi connectivity index (χ2n) is 6.75. The van der Waals surface area contributed by atoms with Gasteiger partial charge in [0.15, 0.2) is 0 Å². The van der Waals surface area contributed by atoms with Crippen LogP contribution in [0, 0.1) is 12.7 Å². The minimum atomic E-state index is -0.273. The number of carbonyl (C=O) groups is 1. The zero-order chi connectivity index (χ0) is 18.1. The lowest BCUT2D eigenvalue weighted by Gasteiger charge is -2.33. The molecule has 0 aliphatic carbocycles. The van der Waals surface area contributed by atoms with Crippen molar-refractivity contribution in [3.05, 3.63) is 60.2 Å². The molecule has 134 valence electrons. The summed E-state index contributed by atoms with van der Waals surface area (Å²) in [6.45, 7) is 3.35. The molecule has 0 spiro atoms. The van der Waals surface area contributed by atoms with Gasteiger partial charge in [0, 0.05) is 30.9 Å². The molecule has 1 N–H and O–H groups in total. The number of nitrogens with zero attached hydrogens (tertiary/aromatic N) is 3. The molecule has 3 aromatic rings. The Labute approximate surface area is 151 Å². The molecule has 0 radical (unpaired) electrons. The fourth-order valence-corrected chi connectivity index (χ4v) is 3.55. The number of halogens is 1. The first-order valence-corrected chi connectivity index (χ1v) is 8.85. The number of aromatic nitrogens is 2. The minimum absolute atomic E-state index is 0.0599. The van der Waals surface area contributed by atoms with Crippen LogP contribution in [0.2, 0.25) is 0 Å². The average molecular weight is 352 g/mol. The number of nitrogens with one attached hydrogen (secondary N) is 1. The van der Waals surface area contributed by atoms with E-state index in [0.29, 0.717) is 18.6 Å². The van der Waals surface area contributed by atoms with Gasteiger partial charge in [0.1, 0.15) is 5.82 Å². The number of hydrogen-bond acceptors (Lipinski definition) is 2. The van der Waals surface area contributed by atoms with Crippen molar-refractivity contribution in [2.75, 3.05) is 18.4 Å². The second kappa shape index (κ2) is 6.78. The van der Waals surface area contributed by atoms with Gasteiger partial charge >= 0.3 is 6.03 Å². The largest absolute Gasteiger partial charge is 0.327 e. The molecule has 0 atom stereocenters. The number of urea groups is 1. The Morgan fingerprint density at radius 2 is 1.96 bits per heavy atom. The maximum Gasteiger partial charge on any atom is 0.321 e. The summed E-state index contributed by atoms with van der Waals surface area (Å²) >= 11 is 0. The SMILES string of the molecule is Cc1ccccc1NC(=O)N1CCC(n2cnc3cc(F)ccc32)CC1. The molecule has 0 saturated carbocycles. The van der Waals surface area contributed by atoms with Crippen LogP contribution in [0.5, 0.6) is 0 Å². The van der Waals surface area contributed by atoms with Gasteiger partial charge in [0.25, 0.3) is 0 Å². The van der Waals surface area contributed by atoms with Gasteiger partial charge in [-0.25, -0.2) is 14.2 Å². The fraction of sp³-hybridized carbons (Fsp3) is 0.300. The molecule has 1 aliphatic heterocycles. The number of aryl methyl sites for hydroxylation is 1. The molecule has 2 aromatic carbocycles. The van der Waals surface area contributed by atoms with Crippen LogP contribution in [0.25, 0.3) is 11.0 Å². The highest BCUT2D eigenvalue weighted by Gasteiger charge is 2.25. The fourth-order valence-electron chi connectivity index (χ4n) is 3.55. The van der Waals surface area contributed by atoms with E-state index in [9.17, 15) is 9.18 Å². The van der Waals surface area contributed by atoms with Crippen LogP contribution >= 0.6 is 0 Å². The summed E-state index contributed by atoms with van der Waals surface area (Å²) < 4.78 is 15.4. The van der Waals surface area contributed by atoms with Gasteiger partial charge in [-0.05, 0) is 43.5 Å². The van der Waals surface area contributed by atoms with E-state index >= 15 is 0 Å². The normalized spacial score (nSPS) is 15.4. The summed E-state index contributed by atoms with van der Waals surface area (Å²) in [4.78, 5) is 18.7. The smallest absolute Gasteiger partial charge is 0.321 e. The van der Waals surface area contributed by atoms with Crippen LogP contribution in [0.15, 0.2) is 48.8 Å². The number of imidazole rings is 1. The lowest BCUT2D eigenvalue weighted by atomic mass is 10.0. The van der Waals surface area contributed by atoms with Gasteiger partial charge in [-0.15, -0.1) is 0 Å². The molecule has 1 saturated heterocycles. The van der Waals surface area contributed by atoms with E-state index in [1.807, 2.05) is 36.1 Å². The van der Waals surface area contributed by atoms with Crippen molar-refractivity contribution in [2.45, 2.75) is 25.8 Å². The molecule has 0 bridgehead atoms. The van der Waals surface area contributed by atoms with E-state index in [-0.39, 0.29) is 17.9 Å². The first-order valence-electron chi connectivity index (χ1n) is 8.85. The van der Waals surface area contributed by atoms with Gasteiger partial charge < -0.3 is 14.8 Å². The predicted molar refractivity (Wildman–Crippen MR) is 99.7 cm³/mol. The summed E-state index contributed by atoms with van der Waals surface area (Å²) in [5.41, 5.74) is 3.51. The van der Waals surface area contributed by atoms with Crippen molar-refractivity contribution >= 4 is 22.8 Å². The number of carbonyl (C=O) groups excluding carboxylic acids is 1. The van der Waals surface area contributed by atoms with E-state index in [1.165, 1.54) is 12.1 Å². The molecule has 5 nitrogen and oxygen atoms in total. The topological polar surface area (TPSA) is 50.2 Å². The highest BCUT2D eigenvalue weighted by molar-refractivity contribution is 5.90. The molecule has 2 amide bonds. The molecule has 4 rings (SSSR count). The number of amides is 2. The highest BCUT2D eigenvalue weighted by Crippen LogP contribution is 2.27. The Bertz CT molecular complexity index is 944. The molecule has 1 aromatic heterocycles. The van der Waals surface area contributed by atoms with Gasteiger partial charge in [-0.3, -0.25) is 0 Å². The van der Waals surface area contributed by atoms with Crippen LogP contribution in [0.4, 0.5) is 14.9 Å². The lowest BCUT2D eigenvalue weighted by molar-refractivity contribution is 0.184. The summed E-state index contributed by atoms with van der Waals surface area (Å²) in [5.74, 6) is -0.273. The van der Waals surface area contributed by atoms with Crippen LogP contribution in [-0.4, -0.2) is 33.6 Å². The Morgan fingerprint density at radius 3 is 2.73 bits per heavy atom. The van der Waals surface area contributed by atoms with Crippen molar-refractivity contribution in [3.63, 3.8) is 0 Å². The first kappa shape index (κ1) is 16.6. The van der Waals surface area contributed by atoms with Crippen LogP contribution < -0.4 is 5.32 Å². The van der Waals surface area contributed by atoms with Crippen LogP contribution in [0.3, 0.4) is 0 Å². The summed E-state index contributed by atoms with van der Waals surface area (Å²) in [6.07, 6.45) is 3.48. The third-order valence-corrected chi connectivity index (χ3v) is 5.07. The number of piperidine rings is 1. The molecular formula is C20H21FN4O. The number of hydrogen-bond donors (Lipinski definition) is 1. The number of anilines is 1. The molecular weight excluding hydrogens is 331 g/mol. The van der Waals surface area contributed by atoms with E-state index in [1.54, 1.807) is 12.4 Å². The van der Waals surface area contributed by atoms with Crippen molar-refractivity contribution in [1.82, 2.24) is 14.5 Å². The number of para-hydroxylation sites is 1. The Balaban J connectivity index is 1.42. The Kier molecular flexibility index (Phi) is 4.32. The second-order valence-corrected chi connectivity index (χ2v) is 6.75. The zero-order valence-corrected chi connectivity index (χ0v) is 14.7. The summed E-state index contributed by atoms with van der Waals surface area (Å²) in [6, 6.07) is 12.7. The van der Waals surface area contributed by atoms with E-state index in [2.05, 4.69) is 14.9 Å². The zero-order valence-electron chi connectivity index (χ0n) is 14.7. The monoisotopic (exact) mass is 352 g/mol. The van der Waals surface area contributed by atoms with E-state index in [0.717, 1.165) is 29.6 Å². The van der Waals surface area contributed by atoms with Gasteiger partial charge in [0.2, 0.25) is 0 Å². The molecule has 26 heavy (non-hydrogen) atoms. The highest BCUT2D eigenvalue weighted by atomic mass is 19.1. The number of rotatable bonds is 2. The molecule has 6 heteroatoms. The summed E-state index contributed by atoms with van der Waals surface area (Å²) in [7, 11) is 0.